The quantitative estimate of drug-likeness (QED) is 0.363. The topological polar surface area (TPSA) is 75.4 Å². The fraction of sp³-hybridized carbons (Fsp3) is 0.167. The Bertz CT molecular complexity index is 1170. The molecule has 0 saturated carbocycles. The van der Waals surface area contributed by atoms with E-state index in [4.69, 9.17) is 17.3 Å². The predicted molar refractivity (Wildman–Crippen MR) is 124 cm³/mol. The average molecular weight is 420 g/mol. The van der Waals surface area contributed by atoms with Crippen LogP contribution in [-0.4, -0.2) is 24.2 Å². The van der Waals surface area contributed by atoms with Crippen molar-refractivity contribution in [2.45, 2.75) is 12.8 Å². The Morgan fingerprint density at radius 1 is 1.17 bits per heavy atom. The molecule has 3 aromatic rings. The number of hydrogen-bond acceptors (Lipinski definition) is 3. The molecule has 0 aliphatic carbocycles. The largest absolute Gasteiger partial charge is 0.398 e. The van der Waals surface area contributed by atoms with Crippen LogP contribution in [0.1, 0.15) is 24.0 Å². The van der Waals surface area contributed by atoms with Gasteiger partial charge < -0.3 is 16.0 Å². The van der Waals surface area contributed by atoms with Gasteiger partial charge in [-0.25, -0.2) is 0 Å². The van der Waals surface area contributed by atoms with Crippen molar-refractivity contribution in [1.29, 1.82) is 0 Å². The fourth-order valence-electron chi connectivity index (χ4n) is 3.99. The Morgan fingerprint density at radius 3 is 2.67 bits per heavy atom. The summed E-state index contributed by atoms with van der Waals surface area (Å²) in [7, 11) is 0. The summed E-state index contributed by atoms with van der Waals surface area (Å²) >= 11 is 6.26. The smallest absolute Gasteiger partial charge is 0.251 e. The van der Waals surface area contributed by atoms with E-state index in [0.717, 1.165) is 27.6 Å². The highest BCUT2D eigenvalue weighted by molar-refractivity contribution is 6.19. The van der Waals surface area contributed by atoms with Gasteiger partial charge in [0.05, 0.1) is 5.69 Å². The van der Waals surface area contributed by atoms with Crippen molar-refractivity contribution in [3.05, 3.63) is 71.8 Å². The first-order chi connectivity index (χ1) is 14.5. The monoisotopic (exact) mass is 419 g/mol. The lowest BCUT2D eigenvalue weighted by atomic mass is 9.95. The van der Waals surface area contributed by atoms with Crippen LogP contribution in [0.2, 0.25) is 0 Å². The van der Waals surface area contributed by atoms with Crippen LogP contribution >= 0.6 is 11.6 Å². The number of halogens is 1. The van der Waals surface area contributed by atoms with Crippen LogP contribution in [0.5, 0.6) is 0 Å². The van der Waals surface area contributed by atoms with Crippen molar-refractivity contribution < 1.29 is 9.59 Å². The SMILES string of the molecule is CC(=O)Nc1cccc(C=CC(=O)N2CC(CCl)c3c2cc(N)c2ccccc32)c1. The number of nitrogens with two attached hydrogens (primary N) is 1. The summed E-state index contributed by atoms with van der Waals surface area (Å²) in [4.78, 5) is 26.0. The number of nitrogens with one attached hydrogen (secondary N) is 1. The van der Waals surface area contributed by atoms with Crippen LogP contribution in [0.25, 0.3) is 16.8 Å². The summed E-state index contributed by atoms with van der Waals surface area (Å²) in [5.74, 6) is 0.196. The molecule has 1 aliphatic heterocycles. The van der Waals surface area contributed by atoms with Crippen LogP contribution < -0.4 is 16.0 Å². The molecule has 5 nitrogen and oxygen atoms in total. The molecule has 152 valence electrons. The Labute approximate surface area is 180 Å². The fourth-order valence-corrected chi connectivity index (χ4v) is 4.24. The Balaban J connectivity index is 1.65. The summed E-state index contributed by atoms with van der Waals surface area (Å²) in [5.41, 5.74) is 10.3. The normalized spacial score (nSPS) is 15.5. The van der Waals surface area contributed by atoms with E-state index in [1.165, 1.54) is 6.92 Å². The Kier molecular flexibility index (Phi) is 5.46. The number of nitrogen functional groups attached to an aromatic ring is 1. The van der Waals surface area contributed by atoms with Crippen molar-refractivity contribution in [3.63, 3.8) is 0 Å². The number of anilines is 3. The molecule has 1 aliphatic rings. The minimum Gasteiger partial charge on any atom is -0.398 e. The summed E-state index contributed by atoms with van der Waals surface area (Å²) in [5, 5.41) is 4.76. The number of amides is 2. The van der Waals surface area contributed by atoms with Crippen molar-refractivity contribution in [2.75, 3.05) is 28.4 Å². The average Bonchev–Trinajstić information content (AvgIpc) is 3.11. The van der Waals surface area contributed by atoms with Gasteiger partial charge in [-0.15, -0.1) is 11.6 Å². The second-order valence-electron chi connectivity index (χ2n) is 7.38. The van der Waals surface area contributed by atoms with Gasteiger partial charge in [0.2, 0.25) is 5.91 Å². The van der Waals surface area contributed by atoms with Crippen molar-refractivity contribution in [2.24, 2.45) is 0 Å². The van der Waals surface area contributed by atoms with Gasteiger partial charge >= 0.3 is 0 Å². The summed E-state index contributed by atoms with van der Waals surface area (Å²) in [6.07, 6.45) is 3.28. The van der Waals surface area contributed by atoms with Crippen molar-refractivity contribution in [1.82, 2.24) is 0 Å². The highest BCUT2D eigenvalue weighted by Gasteiger charge is 2.33. The van der Waals surface area contributed by atoms with Gasteiger partial charge in [-0.1, -0.05) is 36.4 Å². The molecule has 0 aromatic heterocycles. The van der Waals surface area contributed by atoms with Crippen LogP contribution in [0, 0.1) is 0 Å². The summed E-state index contributed by atoms with van der Waals surface area (Å²) in [6, 6.07) is 17.1. The van der Waals surface area contributed by atoms with Crippen LogP contribution in [-0.2, 0) is 9.59 Å². The molecule has 2 amide bonds. The van der Waals surface area contributed by atoms with E-state index >= 15 is 0 Å². The lowest BCUT2D eigenvalue weighted by molar-refractivity contribution is -0.115. The second-order valence-corrected chi connectivity index (χ2v) is 7.69. The van der Waals surface area contributed by atoms with E-state index in [0.29, 0.717) is 23.8 Å². The van der Waals surface area contributed by atoms with E-state index in [2.05, 4.69) is 5.32 Å². The lowest BCUT2D eigenvalue weighted by Gasteiger charge is -2.17. The number of hydrogen-bond donors (Lipinski definition) is 2. The molecule has 1 unspecified atom stereocenters. The second kappa shape index (κ2) is 8.20. The standard InChI is InChI=1S/C24H22ClN3O2/c1-15(29)27-18-6-4-5-16(11-18)9-10-23(30)28-14-17(13-25)24-20-8-3-2-7-19(20)21(26)12-22(24)28/h2-12,17H,13-14,26H2,1H3,(H,27,29). The van der Waals surface area contributed by atoms with Gasteiger partial charge in [-0.05, 0) is 40.8 Å². The van der Waals surface area contributed by atoms with Crippen molar-refractivity contribution in [3.8, 4) is 0 Å². The molecule has 3 aromatic carbocycles. The van der Waals surface area contributed by atoms with Crippen LogP contribution in [0.4, 0.5) is 17.1 Å². The molecule has 0 spiro atoms. The van der Waals surface area contributed by atoms with Gasteiger partial charge in [0.1, 0.15) is 0 Å². The third-order valence-electron chi connectivity index (χ3n) is 5.28. The first-order valence-electron chi connectivity index (χ1n) is 9.72. The molecule has 0 fully saturated rings. The van der Waals surface area contributed by atoms with Crippen LogP contribution in [0.15, 0.2) is 60.7 Å². The van der Waals surface area contributed by atoms with Gasteiger partial charge in [-0.3, -0.25) is 9.59 Å². The number of carbonyl (C=O) groups excluding carboxylic acids is 2. The number of carbonyl (C=O) groups is 2. The van der Waals surface area contributed by atoms with E-state index < -0.39 is 0 Å². The summed E-state index contributed by atoms with van der Waals surface area (Å²) < 4.78 is 0. The number of benzene rings is 3. The molecule has 0 bridgehead atoms. The summed E-state index contributed by atoms with van der Waals surface area (Å²) in [6.45, 7) is 1.97. The molecule has 0 saturated heterocycles. The first kappa shape index (κ1) is 20.0. The zero-order valence-corrected chi connectivity index (χ0v) is 17.3. The lowest BCUT2D eigenvalue weighted by Crippen LogP contribution is -2.28. The van der Waals surface area contributed by atoms with Gasteiger partial charge in [0.25, 0.3) is 5.91 Å². The zero-order chi connectivity index (χ0) is 21.3. The van der Waals surface area contributed by atoms with E-state index in [-0.39, 0.29) is 17.7 Å². The number of nitrogens with zero attached hydrogens (tertiary/aromatic N) is 1. The molecular formula is C24H22ClN3O2. The minimum absolute atomic E-state index is 0.0487. The molecule has 3 N–H and O–H groups in total. The maximum absolute atomic E-state index is 13.0. The minimum atomic E-state index is -0.141. The highest BCUT2D eigenvalue weighted by Crippen LogP contribution is 2.44. The highest BCUT2D eigenvalue weighted by atomic mass is 35.5. The first-order valence-corrected chi connectivity index (χ1v) is 10.3. The molecule has 0 radical (unpaired) electrons. The van der Waals surface area contributed by atoms with Gasteiger partial charge in [0.15, 0.2) is 0 Å². The molecule has 6 heteroatoms. The van der Waals surface area contributed by atoms with Crippen molar-refractivity contribution >= 4 is 57.3 Å². The molecule has 4 rings (SSSR count). The molecule has 1 heterocycles. The number of rotatable bonds is 4. The van der Waals surface area contributed by atoms with E-state index in [1.54, 1.807) is 23.1 Å². The van der Waals surface area contributed by atoms with E-state index in [1.807, 2.05) is 48.5 Å². The van der Waals surface area contributed by atoms with Gasteiger partial charge in [0, 0.05) is 48.1 Å². The van der Waals surface area contributed by atoms with E-state index in [9.17, 15) is 9.59 Å². The van der Waals surface area contributed by atoms with Crippen LogP contribution in [0.3, 0.4) is 0 Å². The van der Waals surface area contributed by atoms with Gasteiger partial charge in [-0.2, -0.15) is 0 Å². The zero-order valence-electron chi connectivity index (χ0n) is 16.6. The third-order valence-corrected chi connectivity index (χ3v) is 5.65. The Hall–Kier alpha value is -3.31. The number of alkyl halides is 1. The third kappa shape index (κ3) is 3.76. The maximum atomic E-state index is 13.0. The molecule has 30 heavy (non-hydrogen) atoms. The maximum Gasteiger partial charge on any atom is 0.251 e. The number of fused-ring (bicyclic) bond motifs is 3. The molecular weight excluding hydrogens is 398 g/mol. The molecule has 1 atom stereocenters. The Morgan fingerprint density at radius 2 is 1.93 bits per heavy atom. The predicted octanol–water partition coefficient (Wildman–Crippen LogP) is 4.76.